The van der Waals surface area contributed by atoms with Crippen LogP contribution in [-0.4, -0.2) is 17.1 Å². The zero-order valence-electron chi connectivity index (χ0n) is 6.16. The molecule has 1 aromatic rings. The van der Waals surface area contributed by atoms with E-state index >= 15 is 0 Å². The van der Waals surface area contributed by atoms with Crippen molar-refractivity contribution >= 4 is 33.2 Å². The van der Waals surface area contributed by atoms with Gasteiger partial charge in [0.25, 0.3) is 0 Å². The molecule has 0 aliphatic rings. The summed E-state index contributed by atoms with van der Waals surface area (Å²) in [5.41, 5.74) is 5.35. The van der Waals surface area contributed by atoms with Crippen molar-refractivity contribution in [2.24, 2.45) is 5.73 Å². The Morgan fingerprint density at radius 2 is 2.42 bits per heavy atom. The Labute approximate surface area is 82.3 Å². The number of carbonyl (C=O) groups is 1. The summed E-state index contributed by atoms with van der Waals surface area (Å²) in [7, 11) is 0. The number of hydrogen-bond donors (Lipinski definition) is 2. The molecule has 0 aliphatic carbocycles. The van der Waals surface area contributed by atoms with Gasteiger partial charge >= 0.3 is 5.97 Å². The van der Waals surface area contributed by atoms with Crippen LogP contribution in [0.5, 0.6) is 0 Å². The monoisotopic (exact) mass is 249 g/mol. The summed E-state index contributed by atoms with van der Waals surface area (Å²) < 4.78 is 0.995. The molecule has 0 aliphatic heterocycles. The molecule has 0 aromatic carbocycles. The van der Waals surface area contributed by atoms with Crippen LogP contribution in [-0.2, 0) is 11.2 Å². The Hall–Kier alpha value is -0.390. The topological polar surface area (TPSA) is 63.3 Å². The summed E-state index contributed by atoms with van der Waals surface area (Å²) in [5.74, 6) is -0.959. The molecule has 0 saturated heterocycles. The summed E-state index contributed by atoms with van der Waals surface area (Å²) in [6.07, 6.45) is 0.394. The Bertz CT molecular complexity index is 287. The van der Waals surface area contributed by atoms with E-state index in [4.69, 9.17) is 10.8 Å². The van der Waals surface area contributed by atoms with Crippen molar-refractivity contribution in [2.75, 3.05) is 0 Å². The standard InChI is InChI=1S/C7H8BrNO2S/c8-6-2-1-4(12-6)3-5(9)7(10)11/h1-2,5H,3,9H2,(H,10,11)/t5-/m0/s1. The predicted octanol–water partition coefficient (Wildman–Crippen LogP) is 1.47. The lowest BCUT2D eigenvalue weighted by Crippen LogP contribution is -2.31. The largest absolute Gasteiger partial charge is 0.480 e. The maximum Gasteiger partial charge on any atom is 0.320 e. The highest BCUT2D eigenvalue weighted by molar-refractivity contribution is 9.11. The molecule has 1 atom stereocenters. The lowest BCUT2D eigenvalue weighted by atomic mass is 10.2. The zero-order chi connectivity index (χ0) is 9.14. The second-order valence-corrected chi connectivity index (χ2v) is 4.90. The summed E-state index contributed by atoms with van der Waals surface area (Å²) >= 11 is 4.80. The molecule has 1 heterocycles. The predicted molar refractivity (Wildman–Crippen MR) is 51.3 cm³/mol. The van der Waals surface area contributed by atoms with Gasteiger partial charge in [-0.25, -0.2) is 0 Å². The summed E-state index contributed by atoms with van der Waals surface area (Å²) in [4.78, 5) is 11.4. The second-order valence-electron chi connectivity index (χ2n) is 2.35. The van der Waals surface area contributed by atoms with Crippen LogP contribution < -0.4 is 5.73 Å². The molecule has 0 saturated carbocycles. The molecule has 0 spiro atoms. The minimum atomic E-state index is -0.959. The molecule has 3 N–H and O–H groups in total. The molecular formula is C7H8BrNO2S. The fourth-order valence-corrected chi connectivity index (χ4v) is 2.31. The SMILES string of the molecule is N[C@@H](Cc1ccc(Br)s1)C(=O)O. The van der Waals surface area contributed by atoms with E-state index in [9.17, 15) is 4.79 Å². The first-order valence-corrected chi connectivity index (χ1v) is 4.93. The number of carboxylic acid groups (broad SMARTS) is 1. The third kappa shape index (κ3) is 2.58. The fraction of sp³-hybridized carbons (Fsp3) is 0.286. The van der Waals surface area contributed by atoms with E-state index in [0.717, 1.165) is 8.66 Å². The summed E-state index contributed by atoms with van der Waals surface area (Å²) in [6, 6.07) is 2.96. The lowest BCUT2D eigenvalue weighted by Gasteiger charge is -2.02. The van der Waals surface area contributed by atoms with Gasteiger partial charge in [0.05, 0.1) is 3.79 Å². The van der Waals surface area contributed by atoms with Gasteiger partial charge in [0.15, 0.2) is 0 Å². The van der Waals surface area contributed by atoms with Gasteiger partial charge in [-0.2, -0.15) is 0 Å². The van der Waals surface area contributed by atoms with Gasteiger partial charge in [0, 0.05) is 11.3 Å². The van der Waals surface area contributed by atoms with Crippen LogP contribution in [0.4, 0.5) is 0 Å². The van der Waals surface area contributed by atoms with Crippen LogP contribution in [0.15, 0.2) is 15.9 Å². The minimum absolute atomic E-state index is 0.394. The van der Waals surface area contributed by atoms with Crippen LogP contribution in [0.2, 0.25) is 0 Å². The Morgan fingerprint density at radius 1 is 1.75 bits per heavy atom. The van der Waals surface area contributed by atoms with Crippen LogP contribution in [0, 0.1) is 0 Å². The van der Waals surface area contributed by atoms with E-state index in [1.165, 1.54) is 11.3 Å². The summed E-state index contributed by atoms with van der Waals surface area (Å²) in [6.45, 7) is 0. The number of carboxylic acids is 1. The van der Waals surface area contributed by atoms with E-state index in [2.05, 4.69) is 15.9 Å². The van der Waals surface area contributed by atoms with Crippen molar-refractivity contribution in [3.8, 4) is 0 Å². The Morgan fingerprint density at radius 3 is 2.83 bits per heavy atom. The Balaban J connectivity index is 2.58. The molecule has 0 amide bonds. The van der Waals surface area contributed by atoms with Gasteiger partial charge in [-0.1, -0.05) is 0 Å². The van der Waals surface area contributed by atoms with Crippen molar-refractivity contribution < 1.29 is 9.90 Å². The van der Waals surface area contributed by atoms with E-state index < -0.39 is 12.0 Å². The van der Waals surface area contributed by atoms with Crippen LogP contribution in [0.3, 0.4) is 0 Å². The normalized spacial score (nSPS) is 12.8. The molecule has 66 valence electrons. The first kappa shape index (κ1) is 9.70. The number of rotatable bonds is 3. The molecule has 0 unspecified atom stereocenters. The zero-order valence-corrected chi connectivity index (χ0v) is 8.56. The molecule has 0 fully saturated rings. The maximum absolute atomic E-state index is 10.4. The van der Waals surface area contributed by atoms with Gasteiger partial charge in [0.1, 0.15) is 6.04 Å². The Kier molecular flexibility index (Phi) is 3.25. The first-order valence-electron chi connectivity index (χ1n) is 3.32. The van der Waals surface area contributed by atoms with Crippen LogP contribution in [0.25, 0.3) is 0 Å². The van der Waals surface area contributed by atoms with E-state index in [1.807, 2.05) is 12.1 Å². The first-order chi connectivity index (χ1) is 5.59. The molecule has 0 bridgehead atoms. The number of thiophene rings is 1. The summed E-state index contributed by atoms with van der Waals surface area (Å²) in [5, 5.41) is 8.52. The molecule has 0 radical (unpaired) electrons. The van der Waals surface area contributed by atoms with Crippen molar-refractivity contribution in [3.05, 3.63) is 20.8 Å². The number of halogens is 1. The highest BCUT2D eigenvalue weighted by Crippen LogP contribution is 2.22. The maximum atomic E-state index is 10.4. The highest BCUT2D eigenvalue weighted by Gasteiger charge is 2.12. The van der Waals surface area contributed by atoms with Crippen molar-refractivity contribution in [2.45, 2.75) is 12.5 Å². The van der Waals surface area contributed by atoms with Crippen LogP contribution >= 0.6 is 27.3 Å². The number of aliphatic carboxylic acids is 1. The van der Waals surface area contributed by atoms with Gasteiger partial charge in [-0.3, -0.25) is 4.79 Å². The second kappa shape index (κ2) is 4.02. The van der Waals surface area contributed by atoms with Crippen molar-refractivity contribution in [1.82, 2.24) is 0 Å². The van der Waals surface area contributed by atoms with Gasteiger partial charge in [-0.05, 0) is 28.1 Å². The molecule has 3 nitrogen and oxygen atoms in total. The molecular weight excluding hydrogens is 242 g/mol. The average Bonchev–Trinajstić information content (AvgIpc) is 2.35. The smallest absolute Gasteiger partial charge is 0.320 e. The highest BCUT2D eigenvalue weighted by atomic mass is 79.9. The quantitative estimate of drug-likeness (QED) is 0.853. The van der Waals surface area contributed by atoms with Gasteiger partial charge < -0.3 is 10.8 Å². The van der Waals surface area contributed by atoms with Crippen molar-refractivity contribution in [1.29, 1.82) is 0 Å². The van der Waals surface area contributed by atoms with Gasteiger partial charge in [0.2, 0.25) is 0 Å². The van der Waals surface area contributed by atoms with Crippen molar-refractivity contribution in [3.63, 3.8) is 0 Å². The minimum Gasteiger partial charge on any atom is -0.480 e. The fourth-order valence-electron chi connectivity index (χ4n) is 0.766. The average molecular weight is 250 g/mol. The third-order valence-electron chi connectivity index (χ3n) is 1.37. The third-order valence-corrected chi connectivity index (χ3v) is 3.01. The molecule has 5 heteroatoms. The van der Waals surface area contributed by atoms with Gasteiger partial charge in [-0.15, -0.1) is 11.3 Å². The number of hydrogen-bond acceptors (Lipinski definition) is 3. The molecule has 1 rings (SSSR count). The number of nitrogens with two attached hydrogens (primary N) is 1. The lowest BCUT2D eigenvalue weighted by molar-refractivity contribution is -0.138. The van der Waals surface area contributed by atoms with E-state index in [-0.39, 0.29) is 0 Å². The molecule has 1 aromatic heterocycles. The van der Waals surface area contributed by atoms with Crippen LogP contribution in [0.1, 0.15) is 4.88 Å². The molecule has 12 heavy (non-hydrogen) atoms. The van der Waals surface area contributed by atoms with E-state index in [1.54, 1.807) is 0 Å². The van der Waals surface area contributed by atoms with E-state index in [0.29, 0.717) is 6.42 Å².